The van der Waals surface area contributed by atoms with Gasteiger partial charge in [0.2, 0.25) is 0 Å². The largest absolute Gasteiger partial charge is 0.381 e. The van der Waals surface area contributed by atoms with Crippen LogP contribution in [0.5, 0.6) is 0 Å². The lowest BCUT2D eigenvalue weighted by Gasteiger charge is -2.23. The fourth-order valence-electron chi connectivity index (χ4n) is 2.45. The molecule has 1 saturated heterocycles. The Bertz CT molecular complexity index is 360. The molecule has 1 heterocycles. The van der Waals surface area contributed by atoms with E-state index in [4.69, 9.17) is 10.5 Å². The van der Waals surface area contributed by atoms with Crippen LogP contribution in [0.3, 0.4) is 0 Å². The van der Waals surface area contributed by atoms with Gasteiger partial charge < -0.3 is 21.1 Å². The molecule has 0 amide bonds. The van der Waals surface area contributed by atoms with Crippen molar-refractivity contribution < 1.29 is 4.74 Å². The van der Waals surface area contributed by atoms with Gasteiger partial charge in [0.15, 0.2) is 0 Å². The summed E-state index contributed by atoms with van der Waals surface area (Å²) in [6.07, 6.45) is 3.47. The quantitative estimate of drug-likeness (QED) is 0.629. The standard InChI is InChI=1S/C16H27N3O/c17-12-14-2-4-15(5-3-14)13-18-8-1-9-19-16-6-10-20-11-7-16/h2-5,16,18-19H,1,6-13,17H2. The van der Waals surface area contributed by atoms with E-state index in [1.54, 1.807) is 0 Å². The van der Waals surface area contributed by atoms with E-state index in [2.05, 4.69) is 34.9 Å². The number of rotatable bonds is 8. The van der Waals surface area contributed by atoms with Gasteiger partial charge in [-0.15, -0.1) is 0 Å². The second-order valence-corrected chi connectivity index (χ2v) is 5.39. The molecule has 1 aromatic rings. The maximum atomic E-state index is 5.59. The van der Waals surface area contributed by atoms with Crippen LogP contribution in [0.2, 0.25) is 0 Å². The molecule has 1 aliphatic heterocycles. The molecule has 20 heavy (non-hydrogen) atoms. The predicted octanol–water partition coefficient (Wildman–Crippen LogP) is 1.39. The molecular formula is C16H27N3O. The Balaban J connectivity index is 1.50. The minimum Gasteiger partial charge on any atom is -0.381 e. The zero-order valence-corrected chi connectivity index (χ0v) is 12.2. The number of hydrogen-bond donors (Lipinski definition) is 3. The van der Waals surface area contributed by atoms with E-state index in [1.807, 2.05) is 0 Å². The summed E-state index contributed by atoms with van der Waals surface area (Å²) in [7, 11) is 0. The average molecular weight is 277 g/mol. The summed E-state index contributed by atoms with van der Waals surface area (Å²) in [5.41, 5.74) is 8.09. The van der Waals surface area contributed by atoms with Crippen molar-refractivity contribution in [3.05, 3.63) is 35.4 Å². The summed E-state index contributed by atoms with van der Waals surface area (Å²) >= 11 is 0. The summed E-state index contributed by atoms with van der Waals surface area (Å²) in [5, 5.41) is 7.08. The molecule has 0 aromatic heterocycles. The van der Waals surface area contributed by atoms with Crippen molar-refractivity contribution in [2.45, 2.75) is 38.4 Å². The van der Waals surface area contributed by atoms with Crippen LogP contribution < -0.4 is 16.4 Å². The normalized spacial score (nSPS) is 16.4. The summed E-state index contributed by atoms with van der Waals surface area (Å²) in [6.45, 7) is 5.51. The first kappa shape index (κ1) is 15.4. The Morgan fingerprint density at radius 2 is 1.75 bits per heavy atom. The Labute approximate surface area is 122 Å². The van der Waals surface area contributed by atoms with Crippen molar-refractivity contribution in [1.82, 2.24) is 10.6 Å². The highest BCUT2D eigenvalue weighted by Crippen LogP contribution is 2.06. The fourth-order valence-corrected chi connectivity index (χ4v) is 2.45. The average Bonchev–Trinajstić information content (AvgIpc) is 2.52. The molecule has 0 radical (unpaired) electrons. The third-order valence-corrected chi connectivity index (χ3v) is 3.77. The first-order valence-electron chi connectivity index (χ1n) is 7.68. The molecule has 2 rings (SSSR count). The molecule has 0 bridgehead atoms. The molecule has 4 heteroatoms. The van der Waals surface area contributed by atoms with Gasteiger partial charge in [0.1, 0.15) is 0 Å². The summed E-state index contributed by atoms with van der Waals surface area (Å²) < 4.78 is 5.35. The van der Waals surface area contributed by atoms with Crippen molar-refractivity contribution in [3.8, 4) is 0 Å². The summed E-state index contributed by atoms with van der Waals surface area (Å²) in [4.78, 5) is 0. The zero-order valence-electron chi connectivity index (χ0n) is 12.2. The molecule has 1 aliphatic rings. The highest BCUT2D eigenvalue weighted by molar-refractivity contribution is 5.22. The van der Waals surface area contributed by atoms with Crippen molar-refractivity contribution in [3.63, 3.8) is 0 Å². The third-order valence-electron chi connectivity index (χ3n) is 3.77. The molecule has 112 valence electrons. The van der Waals surface area contributed by atoms with Gasteiger partial charge in [-0.25, -0.2) is 0 Å². The van der Waals surface area contributed by atoms with E-state index >= 15 is 0 Å². The number of ether oxygens (including phenoxy) is 1. The van der Waals surface area contributed by atoms with Crippen LogP contribution >= 0.6 is 0 Å². The highest BCUT2D eigenvalue weighted by atomic mass is 16.5. The monoisotopic (exact) mass is 277 g/mol. The first-order chi connectivity index (χ1) is 9.88. The van der Waals surface area contributed by atoms with Gasteiger partial charge in [-0.3, -0.25) is 0 Å². The van der Waals surface area contributed by atoms with Crippen LogP contribution in [-0.2, 0) is 17.8 Å². The van der Waals surface area contributed by atoms with E-state index in [9.17, 15) is 0 Å². The Hall–Kier alpha value is -0.940. The Morgan fingerprint density at radius 3 is 2.45 bits per heavy atom. The van der Waals surface area contributed by atoms with Gasteiger partial charge in [-0.05, 0) is 43.5 Å². The third kappa shape index (κ3) is 5.59. The van der Waals surface area contributed by atoms with Crippen LogP contribution in [0.15, 0.2) is 24.3 Å². The van der Waals surface area contributed by atoms with Crippen LogP contribution in [0.1, 0.15) is 30.4 Å². The van der Waals surface area contributed by atoms with E-state index in [-0.39, 0.29) is 0 Å². The lowest BCUT2D eigenvalue weighted by Crippen LogP contribution is -2.36. The Kier molecular flexibility index (Phi) is 7.01. The first-order valence-corrected chi connectivity index (χ1v) is 7.68. The van der Waals surface area contributed by atoms with E-state index in [0.29, 0.717) is 12.6 Å². The molecule has 0 saturated carbocycles. The maximum Gasteiger partial charge on any atom is 0.0480 e. The number of nitrogens with two attached hydrogens (primary N) is 1. The van der Waals surface area contributed by atoms with E-state index < -0.39 is 0 Å². The molecule has 0 atom stereocenters. The minimum atomic E-state index is 0.617. The van der Waals surface area contributed by atoms with Crippen molar-refractivity contribution in [1.29, 1.82) is 0 Å². The van der Waals surface area contributed by atoms with Crippen molar-refractivity contribution in [2.75, 3.05) is 26.3 Å². The van der Waals surface area contributed by atoms with Gasteiger partial charge in [0, 0.05) is 32.3 Å². The van der Waals surface area contributed by atoms with Crippen LogP contribution in [0, 0.1) is 0 Å². The van der Waals surface area contributed by atoms with Gasteiger partial charge >= 0.3 is 0 Å². The molecule has 0 unspecified atom stereocenters. The molecule has 1 fully saturated rings. The molecule has 4 nitrogen and oxygen atoms in total. The minimum absolute atomic E-state index is 0.617. The molecule has 4 N–H and O–H groups in total. The molecule has 0 spiro atoms. The number of hydrogen-bond acceptors (Lipinski definition) is 4. The highest BCUT2D eigenvalue weighted by Gasteiger charge is 2.11. The number of benzene rings is 1. The summed E-state index contributed by atoms with van der Waals surface area (Å²) in [5.74, 6) is 0. The van der Waals surface area contributed by atoms with Crippen molar-refractivity contribution >= 4 is 0 Å². The van der Waals surface area contributed by atoms with Crippen LogP contribution in [0.25, 0.3) is 0 Å². The van der Waals surface area contributed by atoms with Crippen molar-refractivity contribution in [2.24, 2.45) is 5.73 Å². The SMILES string of the molecule is NCc1ccc(CNCCCNC2CCOCC2)cc1. The lowest BCUT2D eigenvalue weighted by atomic mass is 10.1. The topological polar surface area (TPSA) is 59.3 Å². The van der Waals surface area contributed by atoms with Gasteiger partial charge in [-0.2, -0.15) is 0 Å². The van der Waals surface area contributed by atoms with Crippen LogP contribution in [0.4, 0.5) is 0 Å². The lowest BCUT2D eigenvalue weighted by molar-refractivity contribution is 0.0780. The van der Waals surface area contributed by atoms with Gasteiger partial charge in [-0.1, -0.05) is 24.3 Å². The maximum absolute atomic E-state index is 5.59. The van der Waals surface area contributed by atoms with E-state index in [0.717, 1.165) is 52.1 Å². The van der Waals surface area contributed by atoms with Crippen LogP contribution in [-0.4, -0.2) is 32.3 Å². The smallest absolute Gasteiger partial charge is 0.0480 e. The predicted molar refractivity (Wildman–Crippen MR) is 82.5 cm³/mol. The fraction of sp³-hybridized carbons (Fsp3) is 0.625. The zero-order chi connectivity index (χ0) is 14.0. The van der Waals surface area contributed by atoms with Gasteiger partial charge in [0.25, 0.3) is 0 Å². The molecule has 0 aliphatic carbocycles. The molecule has 1 aromatic carbocycles. The second-order valence-electron chi connectivity index (χ2n) is 5.39. The summed E-state index contributed by atoms with van der Waals surface area (Å²) in [6, 6.07) is 9.16. The van der Waals surface area contributed by atoms with E-state index in [1.165, 1.54) is 11.1 Å². The Morgan fingerprint density at radius 1 is 1.05 bits per heavy atom. The number of nitrogens with one attached hydrogen (secondary N) is 2. The van der Waals surface area contributed by atoms with Gasteiger partial charge in [0.05, 0.1) is 0 Å². The molecular weight excluding hydrogens is 250 g/mol. The second kappa shape index (κ2) is 9.08.